The first-order chi connectivity index (χ1) is 9.25. The first kappa shape index (κ1) is 12.1. The summed E-state index contributed by atoms with van der Waals surface area (Å²) in [6.07, 6.45) is 1.68. The molecule has 0 fully saturated rings. The van der Waals surface area contributed by atoms with E-state index in [0.29, 0.717) is 22.6 Å². The molecule has 0 radical (unpaired) electrons. The van der Waals surface area contributed by atoms with Crippen molar-refractivity contribution < 1.29 is 4.79 Å². The van der Waals surface area contributed by atoms with Crippen molar-refractivity contribution in [3.05, 3.63) is 45.6 Å². The number of hydrogen-bond acceptors (Lipinski definition) is 5. The highest BCUT2D eigenvalue weighted by Crippen LogP contribution is 2.31. The molecule has 3 aromatic rings. The van der Waals surface area contributed by atoms with Gasteiger partial charge in [-0.1, -0.05) is 6.07 Å². The first-order valence-electron chi connectivity index (χ1n) is 5.69. The summed E-state index contributed by atoms with van der Waals surface area (Å²) in [7, 11) is 0. The molecule has 0 aromatic carbocycles. The van der Waals surface area contributed by atoms with Crippen LogP contribution in [0.1, 0.15) is 14.5 Å². The van der Waals surface area contributed by atoms with Gasteiger partial charge in [-0.05, 0) is 23.6 Å². The molecule has 1 amide bonds. The van der Waals surface area contributed by atoms with Crippen molar-refractivity contribution >= 4 is 44.5 Å². The zero-order valence-electron chi connectivity index (χ0n) is 9.92. The number of carbonyl (C=O) groups is 1. The fraction of sp³-hybridized carbons (Fsp3) is 0.0769. The van der Waals surface area contributed by atoms with E-state index in [-0.39, 0.29) is 5.91 Å². The van der Waals surface area contributed by atoms with Gasteiger partial charge in [-0.3, -0.25) is 9.78 Å². The number of rotatable bonds is 3. The van der Waals surface area contributed by atoms with Gasteiger partial charge >= 0.3 is 0 Å². The van der Waals surface area contributed by atoms with Gasteiger partial charge in [0.2, 0.25) is 0 Å². The van der Waals surface area contributed by atoms with Crippen LogP contribution in [-0.2, 0) is 6.54 Å². The van der Waals surface area contributed by atoms with Gasteiger partial charge in [-0.25, -0.2) is 0 Å². The number of nitrogen functional groups attached to an aromatic ring is 1. The Bertz CT molecular complexity index is 719. The predicted molar refractivity (Wildman–Crippen MR) is 79.5 cm³/mol. The molecule has 0 spiro atoms. The van der Waals surface area contributed by atoms with Crippen LogP contribution in [0.5, 0.6) is 0 Å². The second-order valence-electron chi connectivity index (χ2n) is 3.96. The van der Waals surface area contributed by atoms with E-state index < -0.39 is 0 Å². The molecule has 0 aliphatic rings. The SMILES string of the molecule is Nc1c(C(=O)NCc2cccs2)sc2cccnc12. The molecule has 19 heavy (non-hydrogen) atoms. The standard InChI is InChI=1S/C13H11N3OS2/c14-10-11-9(4-1-5-15-11)19-12(10)13(17)16-7-8-3-2-6-18-8/h1-6H,7,14H2,(H,16,17). The molecule has 3 rings (SSSR count). The summed E-state index contributed by atoms with van der Waals surface area (Å²) >= 11 is 2.99. The summed E-state index contributed by atoms with van der Waals surface area (Å²) in [4.78, 5) is 18.0. The van der Waals surface area contributed by atoms with Crippen molar-refractivity contribution in [3.8, 4) is 0 Å². The third-order valence-corrected chi connectivity index (χ3v) is 4.73. The Labute approximate surface area is 117 Å². The molecular weight excluding hydrogens is 278 g/mol. The van der Waals surface area contributed by atoms with Crippen LogP contribution in [0, 0.1) is 0 Å². The number of amides is 1. The van der Waals surface area contributed by atoms with Gasteiger partial charge in [-0.15, -0.1) is 22.7 Å². The number of pyridine rings is 1. The van der Waals surface area contributed by atoms with Crippen molar-refractivity contribution in [2.24, 2.45) is 0 Å². The van der Waals surface area contributed by atoms with Crippen molar-refractivity contribution in [2.45, 2.75) is 6.54 Å². The lowest BCUT2D eigenvalue weighted by Crippen LogP contribution is -2.22. The molecule has 96 valence electrons. The molecule has 0 atom stereocenters. The van der Waals surface area contributed by atoms with Crippen LogP contribution in [0.15, 0.2) is 35.8 Å². The van der Waals surface area contributed by atoms with Crippen LogP contribution < -0.4 is 11.1 Å². The summed E-state index contributed by atoms with van der Waals surface area (Å²) in [6.45, 7) is 0.525. The lowest BCUT2D eigenvalue weighted by atomic mass is 10.3. The van der Waals surface area contributed by atoms with E-state index in [2.05, 4.69) is 10.3 Å². The highest BCUT2D eigenvalue weighted by atomic mass is 32.1. The Morgan fingerprint density at radius 2 is 2.26 bits per heavy atom. The number of fused-ring (bicyclic) bond motifs is 1. The van der Waals surface area contributed by atoms with Crippen molar-refractivity contribution in [1.29, 1.82) is 0 Å². The summed E-state index contributed by atoms with van der Waals surface area (Å²) < 4.78 is 0.932. The molecule has 0 unspecified atom stereocenters. The average Bonchev–Trinajstić information content (AvgIpc) is 3.05. The summed E-state index contributed by atoms with van der Waals surface area (Å²) in [6, 6.07) is 7.70. The van der Waals surface area contributed by atoms with Gasteiger partial charge in [0.25, 0.3) is 5.91 Å². The number of thiophene rings is 2. The minimum absolute atomic E-state index is 0.145. The number of nitrogens with zero attached hydrogens (tertiary/aromatic N) is 1. The van der Waals surface area contributed by atoms with E-state index in [9.17, 15) is 4.79 Å². The highest BCUT2D eigenvalue weighted by Gasteiger charge is 2.16. The Kier molecular flexibility index (Phi) is 3.18. The molecular formula is C13H11N3OS2. The van der Waals surface area contributed by atoms with Gasteiger partial charge in [-0.2, -0.15) is 0 Å². The fourth-order valence-electron chi connectivity index (χ4n) is 1.78. The smallest absolute Gasteiger partial charge is 0.263 e. The van der Waals surface area contributed by atoms with Crippen molar-refractivity contribution in [1.82, 2.24) is 10.3 Å². The average molecular weight is 289 g/mol. The van der Waals surface area contributed by atoms with E-state index >= 15 is 0 Å². The van der Waals surface area contributed by atoms with Crippen LogP contribution in [0.3, 0.4) is 0 Å². The summed E-state index contributed by atoms with van der Waals surface area (Å²) in [5.41, 5.74) is 7.14. The van der Waals surface area contributed by atoms with Gasteiger partial charge < -0.3 is 11.1 Å². The lowest BCUT2D eigenvalue weighted by molar-refractivity contribution is 0.0956. The van der Waals surface area contributed by atoms with Gasteiger partial charge in [0.15, 0.2) is 0 Å². The van der Waals surface area contributed by atoms with Crippen molar-refractivity contribution in [3.63, 3.8) is 0 Å². The van der Waals surface area contributed by atoms with E-state index in [1.807, 2.05) is 29.6 Å². The number of nitrogens with one attached hydrogen (secondary N) is 1. The number of hydrogen-bond donors (Lipinski definition) is 2. The molecule has 0 saturated carbocycles. The Morgan fingerprint density at radius 3 is 3.00 bits per heavy atom. The van der Waals surface area contributed by atoms with Crippen LogP contribution in [0.25, 0.3) is 10.2 Å². The highest BCUT2D eigenvalue weighted by molar-refractivity contribution is 7.21. The maximum absolute atomic E-state index is 12.1. The molecule has 0 aliphatic carbocycles. The van der Waals surface area contributed by atoms with Gasteiger partial charge in [0, 0.05) is 11.1 Å². The predicted octanol–water partition coefficient (Wildman–Crippen LogP) is 2.87. The Balaban J connectivity index is 1.83. The largest absolute Gasteiger partial charge is 0.396 e. The molecule has 3 heterocycles. The molecule has 4 nitrogen and oxygen atoms in total. The number of anilines is 1. The maximum Gasteiger partial charge on any atom is 0.263 e. The second kappa shape index (κ2) is 4.99. The zero-order chi connectivity index (χ0) is 13.2. The van der Waals surface area contributed by atoms with Crippen LogP contribution in [0.2, 0.25) is 0 Å². The topological polar surface area (TPSA) is 68.0 Å². The van der Waals surface area contributed by atoms with E-state index in [4.69, 9.17) is 5.73 Å². The number of aromatic nitrogens is 1. The first-order valence-corrected chi connectivity index (χ1v) is 7.39. The van der Waals surface area contributed by atoms with Crippen molar-refractivity contribution in [2.75, 3.05) is 5.73 Å². The second-order valence-corrected chi connectivity index (χ2v) is 6.04. The maximum atomic E-state index is 12.1. The molecule has 3 N–H and O–H groups in total. The minimum atomic E-state index is -0.145. The summed E-state index contributed by atoms with van der Waals surface area (Å²) in [5.74, 6) is -0.145. The Hall–Kier alpha value is -1.92. The molecule has 0 saturated heterocycles. The Morgan fingerprint density at radius 1 is 1.37 bits per heavy atom. The molecule has 3 aromatic heterocycles. The molecule has 6 heteroatoms. The molecule has 0 bridgehead atoms. The summed E-state index contributed by atoms with van der Waals surface area (Å²) in [5, 5.41) is 4.86. The monoisotopic (exact) mass is 289 g/mol. The van der Waals surface area contributed by atoms with Gasteiger partial charge in [0.05, 0.1) is 16.9 Å². The van der Waals surface area contributed by atoms with Crippen LogP contribution in [0.4, 0.5) is 5.69 Å². The van der Waals surface area contributed by atoms with E-state index in [0.717, 1.165) is 9.58 Å². The third-order valence-electron chi connectivity index (χ3n) is 2.69. The lowest BCUT2D eigenvalue weighted by Gasteiger charge is -2.02. The quantitative estimate of drug-likeness (QED) is 0.779. The zero-order valence-corrected chi connectivity index (χ0v) is 11.6. The number of carbonyl (C=O) groups excluding carboxylic acids is 1. The van der Waals surface area contributed by atoms with Gasteiger partial charge in [0.1, 0.15) is 10.4 Å². The number of nitrogens with two attached hydrogens (primary N) is 1. The van der Waals surface area contributed by atoms with Crippen LogP contribution >= 0.6 is 22.7 Å². The normalized spacial score (nSPS) is 10.7. The van der Waals surface area contributed by atoms with E-state index in [1.54, 1.807) is 17.5 Å². The van der Waals surface area contributed by atoms with E-state index in [1.165, 1.54) is 11.3 Å². The fourth-order valence-corrected chi connectivity index (χ4v) is 3.42. The minimum Gasteiger partial charge on any atom is -0.396 e. The third kappa shape index (κ3) is 2.32. The van der Waals surface area contributed by atoms with Crippen LogP contribution in [-0.4, -0.2) is 10.9 Å². The molecule has 0 aliphatic heterocycles.